The molecule has 6 heteroatoms. The number of nitrogens with two attached hydrogens (primary N) is 1. The molecule has 2 N–H and O–H groups in total. The zero-order chi connectivity index (χ0) is 14.9. The van der Waals surface area contributed by atoms with Crippen LogP contribution >= 0.6 is 0 Å². The van der Waals surface area contributed by atoms with E-state index in [4.69, 9.17) is 5.73 Å². The minimum Gasteiger partial charge on any atom is -0.398 e. The SMILES string of the molecule is Cc1ccc(N)c(S(=O)(=O)Cc2cccc(F)c2F)c1. The van der Waals surface area contributed by atoms with Gasteiger partial charge >= 0.3 is 0 Å². The second kappa shape index (κ2) is 5.20. The number of halogens is 2. The Morgan fingerprint density at radius 2 is 1.85 bits per heavy atom. The van der Waals surface area contributed by atoms with Crippen LogP contribution in [0.4, 0.5) is 14.5 Å². The molecule has 0 aliphatic heterocycles. The molecule has 0 atom stereocenters. The number of hydrogen-bond acceptors (Lipinski definition) is 3. The first-order valence-corrected chi connectivity index (χ1v) is 7.48. The highest BCUT2D eigenvalue weighted by Crippen LogP contribution is 2.25. The highest BCUT2D eigenvalue weighted by Gasteiger charge is 2.21. The lowest BCUT2D eigenvalue weighted by Gasteiger charge is -2.09. The van der Waals surface area contributed by atoms with Gasteiger partial charge < -0.3 is 5.73 Å². The van der Waals surface area contributed by atoms with Crippen molar-refractivity contribution in [2.75, 3.05) is 5.73 Å². The third-order valence-electron chi connectivity index (χ3n) is 2.88. The molecule has 0 amide bonds. The summed E-state index contributed by atoms with van der Waals surface area (Å²) in [5, 5.41) is 0. The van der Waals surface area contributed by atoms with E-state index >= 15 is 0 Å². The number of anilines is 1. The smallest absolute Gasteiger partial charge is 0.184 e. The monoisotopic (exact) mass is 297 g/mol. The van der Waals surface area contributed by atoms with E-state index in [1.54, 1.807) is 13.0 Å². The molecule has 0 aromatic heterocycles. The van der Waals surface area contributed by atoms with Gasteiger partial charge in [0, 0.05) is 5.56 Å². The lowest BCUT2D eigenvalue weighted by atomic mass is 10.2. The first kappa shape index (κ1) is 14.5. The molecule has 3 nitrogen and oxygen atoms in total. The Bertz CT molecular complexity index is 758. The van der Waals surface area contributed by atoms with Gasteiger partial charge in [0.2, 0.25) is 0 Å². The summed E-state index contributed by atoms with van der Waals surface area (Å²) in [5.74, 6) is -2.86. The summed E-state index contributed by atoms with van der Waals surface area (Å²) in [6.45, 7) is 1.72. The minimum absolute atomic E-state index is 0.0684. The van der Waals surface area contributed by atoms with Crippen LogP contribution in [0.25, 0.3) is 0 Å². The van der Waals surface area contributed by atoms with Crippen molar-refractivity contribution in [3.05, 3.63) is 59.2 Å². The van der Waals surface area contributed by atoms with E-state index < -0.39 is 27.2 Å². The first-order chi connectivity index (χ1) is 9.31. The summed E-state index contributed by atoms with van der Waals surface area (Å²) < 4.78 is 51.2. The molecule has 2 rings (SSSR count). The molecule has 2 aromatic rings. The fourth-order valence-corrected chi connectivity index (χ4v) is 3.43. The normalized spacial score (nSPS) is 11.6. The van der Waals surface area contributed by atoms with E-state index in [0.717, 1.165) is 11.6 Å². The number of sulfone groups is 1. The number of rotatable bonds is 3. The van der Waals surface area contributed by atoms with Gasteiger partial charge in [-0.05, 0) is 30.7 Å². The summed E-state index contributed by atoms with van der Waals surface area (Å²) in [6, 6.07) is 8.01. The zero-order valence-electron chi connectivity index (χ0n) is 10.7. The van der Waals surface area contributed by atoms with Gasteiger partial charge in [-0.25, -0.2) is 17.2 Å². The second-order valence-corrected chi connectivity index (χ2v) is 6.47. The van der Waals surface area contributed by atoms with Crippen LogP contribution in [-0.4, -0.2) is 8.42 Å². The summed E-state index contributed by atoms with van der Waals surface area (Å²) in [5.41, 5.74) is 6.24. The van der Waals surface area contributed by atoms with E-state index in [1.165, 1.54) is 24.3 Å². The molecule has 0 bridgehead atoms. The van der Waals surface area contributed by atoms with Crippen LogP contribution in [0.3, 0.4) is 0 Å². The molecule has 0 saturated heterocycles. The van der Waals surface area contributed by atoms with Crippen molar-refractivity contribution in [2.45, 2.75) is 17.6 Å². The molecule has 0 heterocycles. The fraction of sp³-hybridized carbons (Fsp3) is 0.143. The van der Waals surface area contributed by atoms with Crippen molar-refractivity contribution < 1.29 is 17.2 Å². The summed E-state index contributed by atoms with van der Waals surface area (Å²) in [7, 11) is -3.84. The molecule has 20 heavy (non-hydrogen) atoms. The lowest BCUT2D eigenvalue weighted by Crippen LogP contribution is -2.10. The average molecular weight is 297 g/mol. The van der Waals surface area contributed by atoms with Gasteiger partial charge in [0.1, 0.15) is 0 Å². The van der Waals surface area contributed by atoms with Gasteiger partial charge in [0.15, 0.2) is 21.5 Å². The highest BCUT2D eigenvalue weighted by atomic mass is 32.2. The maximum Gasteiger partial charge on any atom is 0.184 e. The van der Waals surface area contributed by atoms with Crippen molar-refractivity contribution in [1.29, 1.82) is 0 Å². The predicted molar refractivity (Wildman–Crippen MR) is 72.8 cm³/mol. The Labute approximate surface area is 116 Å². The standard InChI is InChI=1S/C14H13F2NO2S/c1-9-5-6-12(17)13(7-9)20(18,19)8-10-3-2-4-11(15)14(10)16/h2-7H,8,17H2,1H3. The Kier molecular flexibility index (Phi) is 3.76. The van der Waals surface area contributed by atoms with E-state index in [-0.39, 0.29) is 16.1 Å². The van der Waals surface area contributed by atoms with Gasteiger partial charge in [0.25, 0.3) is 0 Å². The van der Waals surface area contributed by atoms with Crippen molar-refractivity contribution >= 4 is 15.5 Å². The maximum absolute atomic E-state index is 13.6. The molecule has 0 aliphatic rings. The van der Waals surface area contributed by atoms with E-state index in [9.17, 15) is 17.2 Å². The van der Waals surface area contributed by atoms with Crippen LogP contribution in [0, 0.1) is 18.6 Å². The average Bonchev–Trinajstić information content (AvgIpc) is 2.37. The van der Waals surface area contributed by atoms with Crippen molar-refractivity contribution in [3.8, 4) is 0 Å². The predicted octanol–water partition coefficient (Wildman–Crippen LogP) is 2.83. The Balaban J connectivity index is 2.46. The third kappa shape index (κ3) is 2.80. The molecule has 2 aromatic carbocycles. The van der Waals surface area contributed by atoms with Crippen LogP contribution in [0.15, 0.2) is 41.3 Å². The summed E-state index contributed by atoms with van der Waals surface area (Å²) in [6.07, 6.45) is 0. The summed E-state index contributed by atoms with van der Waals surface area (Å²) >= 11 is 0. The molecule has 0 unspecified atom stereocenters. The van der Waals surface area contributed by atoms with Gasteiger partial charge in [-0.3, -0.25) is 0 Å². The molecule has 0 fully saturated rings. The largest absolute Gasteiger partial charge is 0.398 e. The van der Waals surface area contributed by atoms with E-state index in [2.05, 4.69) is 0 Å². The Morgan fingerprint density at radius 3 is 2.55 bits per heavy atom. The number of aryl methyl sites for hydroxylation is 1. The van der Waals surface area contributed by atoms with Crippen LogP contribution in [0.5, 0.6) is 0 Å². The zero-order valence-corrected chi connectivity index (χ0v) is 11.5. The summed E-state index contributed by atoms with van der Waals surface area (Å²) in [4.78, 5) is -0.0684. The van der Waals surface area contributed by atoms with Crippen LogP contribution in [-0.2, 0) is 15.6 Å². The molecule has 0 aliphatic carbocycles. The van der Waals surface area contributed by atoms with Crippen LogP contribution in [0.2, 0.25) is 0 Å². The van der Waals surface area contributed by atoms with Crippen LogP contribution < -0.4 is 5.73 Å². The van der Waals surface area contributed by atoms with Gasteiger partial charge in [-0.2, -0.15) is 0 Å². The maximum atomic E-state index is 13.6. The van der Waals surface area contributed by atoms with E-state index in [0.29, 0.717) is 0 Å². The molecular formula is C14H13F2NO2S. The molecule has 0 saturated carbocycles. The second-order valence-electron chi connectivity index (χ2n) is 4.51. The van der Waals surface area contributed by atoms with Gasteiger partial charge in [0.05, 0.1) is 16.3 Å². The number of benzene rings is 2. The minimum atomic E-state index is -3.84. The Hall–Kier alpha value is -1.95. The quantitative estimate of drug-likeness (QED) is 0.886. The molecule has 0 spiro atoms. The first-order valence-electron chi connectivity index (χ1n) is 5.83. The van der Waals surface area contributed by atoms with Crippen molar-refractivity contribution in [3.63, 3.8) is 0 Å². The van der Waals surface area contributed by atoms with Crippen LogP contribution in [0.1, 0.15) is 11.1 Å². The van der Waals surface area contributed by atoms with Gasteiger partial charge in [-0.1, -0.05) is 18.2 Å². The topological polar surface area (TPSA) is 60.2 Å². The highest BCUT2D eigenvalue weighted by molar-refractivity contribution is 7.90. The van der Waals surface area contributed by atoms with Gasteiger partial charge in [-0.15, -0.1) is 0 Å². The van der Waals surface area contributed by atoms with Crippen molar-refractivity contribution in [2.24, 2.45) is 0 Å². The Morgan fingerprint density at radius 1 is 1.15 bits per heavy atom. The van der Waals surface area contributed by atoms with Crippen molar-refractivity contribution in [1.82, 2.24) is 0 Å². The fourth-order valence-electron chi connectivity index (χ4n) is 1.85. The molecule has 0 radical (unpaired) electrons. The molecule has 106 valence electrons. The molecular weight excluding hydrogens is 284 g/mol. The lowest BCUT2D eigenvalue weighted by molar-refractivity contribution is 0.501. The van der Waals surface area contributed by atoms with E-state index in [1.807, 2.05) is 0 Å². The number of hydrogen-bond donors (Lipinski definition) is 1. The third-order valence-corrected chi connectivity index (χ3v) is 4.60. The number of nitrogen functional groups attached to an aromatic ring is 1.